The van der Waals surface area contributed by atoms with Gasteiger partial charge in [-0.3, -0.25) is 9.11 Å². The second kappa shape index (κ2) is 11.6. The average molecular weight is 623 g/mol. The van der Waals surface area contributed by atoms with Crippen LogP contribution in [0.5, 0.6) is 0 Å². The molecule has 0 bridgehead atoms. The minimum absolute atomic E-state index is 0.233. The number of fused-ring (bicyclic) bond motifs is 2. The lowest BCUT2D eigenvalue weighted by Crippen LogP contribution is -2.36. The lowest BCUT2D eigenvalue weighted by atomic mass is 10.2. The zero-order chi connectivity index (χ0) is 26.8. The van der Waals surface area contributed by atoms with Crippen LogP contribution < -0.4 is 9.47 Å². The largest absolute Gasteiger partial charge is 0.335 e. The Morgan fingerprint density at radius 1 is 0.946 bits per heavy atom. The Balaban J connectivity index is 1.62. The molecule has 0 unspecified atom stereocenters. The van der Waals surface area contributed by atoms with E-state index in [1.807, 2.05) is 52.0 Å². The summed E-state index contributed by atoms with van der Waals surface area (Å²) in [5.41, 5.74) is 1.73. The van der Waals surface area contributed by atoms with Gasteiger partial charge >= 0.3 is 0 Å². The normalized spacial score (nSPS) is 15.4. The molecule has 2 heterocycles. The van der Waals surface area contributed by atoms with Gasteiger partial charge in [-0.15, -0.1) is 0 Å². The summed E-state index contributed by atoms with van der Waals surface area (Å²) in [6.45, 7) is 0.744. The number of anilines is 1. The summed E-state index contributed by atoms with van der Waals surface area (Å²) in [5, 5.41) is 2.86. The molecule has 0 atom stereocenters. The van der Waals surface area contributed by atoms with Crippen molar-refractivity contribution in [2.45, 2.75) is 24.3 Å². The maximum atomic E-state index is 11.2. The van der Waals surface area contributed by atoms with Crippen LogP contribution in [0.4, 0.5) is 5.69 Å². The fourth-order valence-electron chi connectivity index (χ4n) is 3.88. The molecule has 1 aromatic heterocycles. The Bertz CT molecular complexity index is 1600. The van der Waals surface area contributed by atoms with E-state index in [0.717, 1.165) is 30.8 Å². The van der Waals surface area contributed by atoms with Gasteiger partial charge in [0.2, 0.25) is 5.52 Å². The van der Waals surface area contributed by atoms with Crippen LogP contribution in [0.25, 0.3) is 16.3 Å². The number of aromatic nitrogens is 1. The van der Waals surface area contributed by atoms with Gasteiger partial charge in [-0.1, -0.05) is 52.4 Å². The lowest BCUT2D eigenvalue weighted by Gasteiger charge is -2.20. The number of aryl methyl sites for hydroxylation is 1. The predicted octanol–water partition coefficient (Wildman–Crippen LogP) is 5.52. The Kier molecular flexibility index (Phi) is 8.91. The van der Waals surface area contributed by atoms with Gasteiger partial charge in [0.1, 0.15) is 4.70 Å². The molecule has 1 aliphatic heterocycles. The number of halogens is 2. The molecule has 0 saturated carbocycles. The summed E-state index contributed by atoms with van der Waals surface area (Å²) in [7, 11) is -8.13. The van der Waals surface area contributed by atoms with Crippen molar-refractivity contribution < 1.29 is 30.5 Å². The van der Waals surface area contributed by atoms with E-state index in [9.17, 15) is 16.8 Å². The Morgan fingerprint density at radius 2 is 1.62 bits per heavy atom. The van der Waals surface area contributed by atoms with Crippen LogP contribution in [0.15, 0.2) is 58.5 Å². The highest BCUT2D eigenvalue weighted by Crippen LogP contribution is 2.47. The summed E-state index contributed by atoms with van der Waals surface area (Å²) in [4.78, 5) is 2.94. The molecule has 2 N–H and O–H groups in total. The number of rotatable bonds is 10. The third kappa shape index (κ3) is 7.70. The number of thioether (sulfide) groups is 1. The number of nitrogens with zero attached hydrogens (tertiary/aromatic N) is 2. The predicted molar refractivity (Wildman–Crippen MR) is 151 cm³/mol. The van der Waals surface area contributed by atoms with E-state index in [4.69, 9.17) is 32.3 Å². The van der Waals surface area contributed by atoms with Crippen LogP contribution in [0.1, 0.15) is 17.8 Å². The van der Waals surface area contributed by atoms with Gasteiger partial charge in [0.15, 0.2) is 6.54 Å². The van der Waals surface area contributed by atoms with Crippen molar-refractivity contribution in [3.63, 3.8) is 0 Å². The molecule has 3 aromatic rings. The van der Waals surface area contributed by atoms with E-state index in [-0.39, 0.29) is 24.3 Å². The molecule has 1 aliphatic rings. The van der Waals surface area contributed by atoms with E-state index < -0.39 is 20.2 Å². The van der Waals surface area contributed by atoms with Crippen LogP contribution >= 0.6 is 46.3 Å². The van der Waals surface area contributed by atoms with Crippen LogP contribution in [-0.4, -0.2) is 44.0 Å². The monoisotopic (exact) mass is 621 g/mol. The molecule has 37 heavy (non-hydrogen) atoms. The van der Waals surface area contributed by atoms with Crippen LogP contribution in [-0.2, 0) is 26.8 Å². The molecular formula is C23H23Cl2N2O6S4+. The highest BCUT2D eigenvalue weighted by Gasteiger charge is 2.25. The molecule has 0 amide bonds. The van der Waals surface area contributed by atoms with Crippen molar-refractivity contribution in [2.75, 3.05) is 23.0 Å². The zero-order valence-electron chi connectivity index (χ0n) is 19.2. The summed E-state index contributed by atoms with van der Waals surface area (Å²) in [6, 6.07) is 11.0. The maximum Gasteiger partial charge on any atom is 0.265 e. The van der Waals surface area contributed by atoms with Crippen molar-refractivity contribution in [3.05, 3.63) is 68.6 Å². The SMILES string of the molecule is O=S(=O)(O)CCCN1/C(=C\C=C\c2sc3ccc(Cl)cc3[n+]2CCCS(=O)(=O)O)Sc2ccc(Cl)cc21. The number of hydrogen-bond acceptors (Lipinski definition) is 7. The third-order valence-corrected chi connectivity index (χ3v) is 9.77. The zero-order valence-corrected chi connectivity index (χ0v) is 24.0. The van der Waals surface area contributed by atoms with Crippen molar-refractivity contribution in [2.24, 2.45) is 0 Å². The molecule has 4 rings (SSSR count). The molecule has 0 radical (unpaired) electrons. The smallest absolute Gasteiger partial charge is 0.265 e. The van der Waals surface area contributed by atoms with Crippen molar-refractivity contribution in [1.82, 2.24) is 0 Å². The van der Waals surface area contributed by atoms with Gasteiger partial charge in [-0.25, -0.2) is 0 Å². The first-order valence-corrected chi connectivity index (χ1v) is 16.7. The fraction of sp³-hybridized carbons (Fsp3) is 0.261. The number of hydrogen-bond donors (Lipinski definition) is 2. The molecule has 0 saturated heterocycles. The van der Waals surface area contributed by atoms with E-state index in [2.05, 4.69) is 0 Å². The Labute approximate surface area is 233 Å². The molecule has 0 spiro atoms. The van der Waals surface area contributed by atoms with Gasteiger partial charge in [-0.2, -0.15) is 21.4 Å². The maximum absolute atomic E-state index is 11.2. The van der Waals surface area contributed by atoms with Crippen LogP contribution in [0.2, 0.25) is 10.0 Å². The van der Waals surface area contributed by atoms with Crippen LogP contribution in [0, 0.1) is 0 Å². The van der Waals surface area contributed by atoms with E-state index in [0.29, 0.717) is 23.1 Å². The van der Waals surface area contributed by atoms with Gasteiger partial charge in [-0.05, 0) is 42.8 Å². The Hall–Kier alpha value is -1.64. The van der Waals surface area contributed by atoms with Gasteiger partial charge < -0.3 is 4.90 Å². The molecule has 8 nitrogen and oxygen atoms in total. The van der Waals surface area contributed by atoms with Gasteiger partial charge in [0.05, 0.1) is 22.2 Å². The van der Waals surface area contributed by atoms with E-state index >= 15 is 0 Å². The average Bonchev–Trinajstić information content (AvgIpc) is 3.30. The molecule has 14 heteroatoms. The number of benzene rings is 2. The minimum Gasteiger partial charge on any atom is -0.335 e. The van der Waals surface area contributed by atoms with E-state index in [1.54, 1.807) is 12.1 Å². The number of thiazole rings is 1. The standard InChI is InChI=1S/C23H22Cl2N2O6S4/c24-16-6-8-20-18(14-16)26(10-2-12-36(28,29)30)22(34-20)4-1-5-23-27(11-3-13-37(31,32)33)19-15-17(25)7-9-21(19)35-23/h1,4-9,14-15H,2-3,10-13H2,(H-,28,29,30,31,32,33)/p+1. The third-order valence-electron chi connectivity index (χ3n) is 5.43. The first kappa shape index (κ1) is 28.4. The Morgan fingerprint density at radius 3 is 2.35 bits per heavy atom. The molecular weight excluding hydrogens is 599 g/mol. The highest BCUT2D eigenvalue weighted by atomic mass is 35.5. The lowest BCUT2D eigenvalue weighted by molar-refractivity contribution is -0.668. The number of allylic oxidation sites excluding steroid dienone is 2. The van der Waals surface area contributed by atoms with Crippen molar-refractivity contribution in [1.29, 1.82) is 0 Å². The molecule has 2 aromatic carbocycles. The topological polar surface area (TPSA) is 116 Å². The van der Waals surface area contributed by atoms with Crippen LogP contribution in [0.3, 0.4) is 0 Å². The summed E-state index contributed by atoms with van der Waals surface area (Å²) in [5.74, 6) is -0.692. The first-order chi connectivity index (χ1) is 17.4. The second-order valence-corrected chi connectivity index (χ2v) is 14.4. The van der Waals surface area contributed by atoms with Gasteiger partial charge in [0.25, 0.3) is 25.2 Å². The summed E-state index contributed by atoms with van der Waals surface area (Å²) in [6.07, 6.45) is 6.16. The second-order valence-electron chi connectivity index (χ2n) is 8.21. The highest BCUT2D eigenvalue weighted by molar-refractivity contribution is 8.03. The minimum atomic E-state index is -4.07. The van der Waals surface area contributed by atoms with Crippen molar-refractivity contribution >= 4 is 88.5 Å². The molecule has 198 valence electrons. The molecule has 0 aliphatic carbocycles. The quantitative estimate of drug-likeness (QED) is 0.225. The van der Waals surface area contributed by atoms with Gasteiger partial charge in [0, 0.05) is 40.0 Å². The fourth-order valence-corrected chi connectivity index (χ4v) is 7.36. The summed E-state index contributed by atoms with van der Waals surface area (Å²) >= 11 is 15.4. The van der Waals surface area contributed by atoms with E-state index in [1.165, 1.54) is 23.1 Å². The van der Waals surface area contributed by atoms with Crippen molar-refractivity contribution in [3.8, 4) is 0 Å². The summed E-state index contributed by atoms with van der Waals surface area (Å²) < 4.78 is 66.0. The molecule has 0 fully saturated rings. The first-order valence-electron chi connectivity index (χ1n) is 11.1.